The molecule has 2 atom stereocenters. The Morgan fingerprint density at radius 2 is 1.95 bits per heavy atom. The maximum Gasteiger partial charge on any atom is 0.408 e. The van der Waals surface area contributed by atoms with Crippen LogP contribution >= 0.6 is 11.8 Å². The van der Waals surface area contributed by atoms with Crippen LogP contribution in [-0.4, -0.2) is 71.6 Å². The van der Waals surface area contributed by atoms with Crippen LogP contribution in [0.2, 0.25) is 0 Å². The zero-order valence-corrected chi connectivity index (χ0v) is 23.9. The van der Waals surface area contributed by atoms with Crippen molar-refractivity contribution in [2.45, 2.75) is 77.1 Å². The van der Waals surface area contributed by atoms with Gasteiger partial charge in [-0.05, 0) is 76.2 Å². The number of ether oxygens (including phenoxy) is 2. The van der Waals surface area contributed by atoms with Gasteiger partial charge in [-0.1, -0.05) is 30.9 Å². The number of nitrogens with zero attached hydrogens (tertiary/aromatic N) is 1. The third-order valence-electron chi connectivity index (χ3n) is 5.72. The fourth-order valence-corrected chi connectivity index (χ4v) is 4.38. The van der Waals surface area contributed by atoms with E-state index in [4.69, 9.17) is 9.47 Å². The molecule has 1 fully saturated rings. The van der Waals surface area contributed by atoms with Gasteiger partial charge in [-0.3, -0.25) is 14.4 Å². The first-order valence-corrected chi connectivity index (χ1v) is 14.4. The molecule has 3 amide bonds. The van der Waals surface area contributed by atoms with Crippen molar-refractivity contribution in [3.63, 3.8) is 0 Å². The van der Waals surface area contributed by atoms with Crippen molar-refractivity contribution in [2.24, 2.45) is 0 Å². The molecule has 1 aliphatic rings. The molecular formula is C28H41N3O6S. The highest BCUT2D eigenvalue weighted by Crippen LogP contribution is 2.36. The zero-order valence-electron chi connectivity index (χ0n) is 23.1. The lowest BCUT2D eigenvalue weighted by atomic mass is 9.99. The third kappa shape index (κ3) is 10.0. The number of thioether (sulfide) groups is 1. The van der Waals surface area contributed by atoms with E-state index in [1.807, 2.05) is 24.5 Å². The lowest BCUT2D eigenvalue weighted by molar-refractivity contribution is -0.144. The van der Waals surface area contributed by atoms with Crippen molar-refractivity contribution in [3.8, 4) is 0 Å². The maximum atomic E-state index is 14.0. The number of hydrogen-bond acceptors (Lipinski definition) is 7. The average Bonchev–Trinajstić information content (AvgIpc) is 3.68. The zero-order chi connectivity index (χ0) is 28.3. The molecule has 2 rings (SSSR count). The predicted octanol–water partition coefficient (Wildman–Crippen LogP) is 4.08. The van der Waals surface area contributed by atoms with E-state index in [0.29, 0.717) is 17.7 Å². The lowest BCUT2D eigenvalue weighted by Gasteiger charge is -2.35. The summed E-state index contributed by atoms with van der Waals surface area (Å²) in [5.41, 5.74) is 0.706. The standard InChI is InChI=1S/C28H41N3O6S/c1-7-19-10-9-11-20(18-19)24(25(33)29-16-14-23(32)36-8-2)31(21-12-13-21)26(34)22(15-17-38-6)30-27(35)37-28(3,4)5/h7,9-11,18,21-22,24H,1,8,12-17H2,2-6H3,(H,29,33)(H,30,35). The summed E-state index contributed by atoms with van der Waals surface area (Å²) in [6.07, 6.45) is 4.82. The van der Waals surface area contributed by atoms with E-state index < -0.39 is 35.7 Å². The summed E-state index contributed by atoms with van der Waals surface area (Å²) in [6.45, 7) is 11.1. The maximum absolute atomic E-state index is 14.0. The van der Waals surface area contributed by atoms with Crippen molar-refractivity contribution in [3.05, 3.63) is 42.0 Å². The summed E-state index contributed by atoms with van der Waals surface area (Å²) >= 11 is 1.56. The number of amides is 3. The summed E-state index contributed by atoms with van der Waals surface area (Å²) in [5, 5.41) is 5.54. The molecule has 1 aromatic rings. The van der Waals surface area contributed by atoms with E-state index in [2.05, 4.69) is 17.2 Å². The van der Waals surface area contributed by atoms with Gasteiger partial charge in [-0.25, -0.2) is 4.79 Å². The molecule has 0 aliphatic heterocycles. The van der Waals surface area contributed by atoms with Crippen molar-refractivity contribution in [2.75, 3.05) is 25.2 Å². The summed E-state index contributed by atoms with van der Waals surface area (Å²) in [4.78, 5) is 53.7. The first-order valence-electron chi connectivity index (χ1n) is 13.0. The fraction of sp³-hybridized carbons (Fsp3) is 0.571. The second-order valence-corrected chi connectivity index (χ2v) is 11.1. The van der Waals surface area contributed by atoms with E-state index in [0.717, 1.165) is 18.4 Å². The number of esters is 1. The molecule has 210 valence electrons. The third-order valence-corrected chi connectivity index (χ3v) is 6.36. The van der Waals surface area contributed by atoms with Crippen LogP contribution in [0.4, 0.5) is 4.79 Å². The number of nitrogens with one attached hydrogen (secondary N) is 2. The summed E-state index contributed by atoms with van der Waals surface area (Å²) in [7, 11) is 0. The quantitative estimate of drug-likeness (QED) is 0.338. The first-order chi connectivity index (χ1) is 18.0. The Hall–Kier alpha value is -3.01. The Kier molecular flexibility index (Phi) is 12.2. The minimum Gasteiger partial charge on any atom is -0.466 e. The van der Waals surface area contributed by atoms with Gasteiger partial charge in [0, 0.05) is 12.6 Å². The molecule has 9 nitrogen and oxygen atoms in total. The van der Waals surface area contributed by atoms with E-state index in [9.17, 15) is 19.2 Å². The minimum absolute atomic E-state index is 0.0208. The Morgan fingerprint density at radius 3 is 2.53 bits per heavy atom. The van der Waals surface area contributed by atoms with Gasteiger partial charge in [0.2, 0.25) is 11.8 Å². The highest BCUT2D eigenvalue weighted by Gasteiger charge is 2.44. The monoisotopic (exact) mass is 547 g/mol. The molecule has 0 bridgehead atoms. The van der Waals surface area contributed by atoms with Crippen LogP contribution in [0.3, 0.4) is 0 Å². The SMILES string of the molecule is C=Cc1cccc(C(C(=O)NCCC(=O)OCC)N(C(=O)C(CCSC)NC(=O)OC(C)(C)C)C2CC2)c1. The molecule has 38 heavy (non-hydrogen) atoms. The number of carbonyl (C=O) groups is 4. The van der Waals surface area contributed by atoms with Gasteiger partial charge in [0.1, 0.15) is 17.7 Å². The van der Waals surface area contributed by atoms with Gasteiger partial charge in [0.25, 0.3) is 0 Å². The molecular weight excluding hydrogens is 506 g/mol. The molecule has 2 N–H and O–H groups in total. The number of hydrogen-bond donors (Lipinski definition) is 2. The molecule has 0 radical (unpaired) electrons. The molecule has 0 saturated heterocycles. The second-order valence-electron chi connectivity index (χ2n) is 10.1. The van der Waals surface area contributed by atoms with Gasteiger partial charge < -0.3 is 25.0 Å². The van der Waals surface area contributed by atoms with Gasteiger partial charge in [0.05, 0.1) is 13.0 Å². The molecule has 1 aliphatic carbocycles. The van der Waals surface area contributed by atoms with Gasteiger partial charge in [-0.2, -0.15) is 11.8 Å². The molecule has 2 unspecified atom stereocenters. The number of alkyl carbamates (subject to hydrolysis) is 1. The van der Waals surface area contributed by atoms with Gasteiger partial charge in [0.15, 0.2) is 0 Å². The molecule has 10 heteroatoms. The lowest BCUT2D eigenvalue weighted by Crippen LogP contribution is -2.54. The van der Waals surface area contributed by atoms with E-state index in [-0.39, 0.29) is 31.5 Å². The van der Waals surface area contributed by atoms with Crippen LogP contribution in [0, 0.1) is 0 Å². The topological polar surface area (TPSA) is 114 Å². The minimum atomic E-state index is -0.950. The van der Waals surface area contributed by atoms with Crippen LogP contribution in [-0.2, 0) is 23.9 Å². The van der Waals surface area contributed by atoms with Crippen LogP contribution in [0.25, 0.3) is 6.08 Å². The van der Waals surface area contributed by atoms with Crippen LogP contribution in [0.1, 0.15) is 70.5 Å². The van der Waals surface area contributed by atoms with Crippen molar-refractivity contribution in [1.29, 1.82) is 0 Å². The van der Waals surface area contributed by atoms with Gasteiger partial charge >= 0.3 is 12.1 Å². The van der Waals surface area contributed by atoms with Gasteiger partial charge in [-0.15, -0.1) is 0 Å². The summed E-state index contributed by atoms with van der Waals surface area (Å²) in [6, 6.07) is 5.33. The normalized spacial score (nSPS) is 14.6. The molecule has 1 aromatic carbocycles. The predicted molar refractivity (Wildman–Crippen MR) is 150 cm³/mol. The molecule has 0 aromatic heterocycles. The number of benzene rings is 1. The second kappa shape index (κ2) is 14.8. The highest BCUT2D eigenvalue weighted by molar-refractivity contribution is 7.98. The van der Waals surface area contributed by atoms with E-state index >= 15 is 0 Å². The Balaban J connectivity index is 2.39. The van der Waals surface area contributed by atoms with E-state index in [1.54, 1.807) is 56.5 Å². The molecule has 0 heterocycles. The average molecular weight is 548 g/mol. The number of carbonyl (C=O) groups excluding carboxylic acids is 4. The molecule has 1 saturated carbocycles. The largest absolute Gasteiger partial charge is 0.466 e. The summed E-state index contributed by atoms with van der Waals surface area (Å²) < 4.78 is 10.4. The van der Waals surface area contributed by atoms with Crippen molar-refractivity contribution in [1.82, 2.24) is 15.5 Å². The summed E-state index contributed by atoms with van der Waals surface area (Å²) in [5.74, 6) is -0.530. The van der Waals surface area contributed by atoms with Crippen molar-refractivity contribution < 1.29 is 28.7 Å². The Labute approximate surface area is 230 Å². The fourth-order valence-electron chi connectivity index (χ4n) is 3.91. The first kappa shape index (κ1) is 31.2. The van der Waals surface area contributed by atoms with E-state index in [1.165, 1.54) is 0 Å². The van der Waals surface area contributed by atoms with Crippen molar-refractivity contribution >= 4 is 41.7 Å². The van der Waals surface area contributed by atoms with Crippen LogP contribution in [0.15, 0.2) is 30.8 Å². The smallest absolute Gasteiger partial charge is 0.408 e. The Morgan fingerprint density at radius 1 is 1.24 bits per heavy atom. The number of rotatable bonds is 14. The highest BCUT2D eigenvalue weighted by atomic mass is 32.2. The van der Waals surface area contributed by atoms with Crippen LogP contribution < -0.4 is 10.6 Å². The molecule has 0 spiro atoms. The Bertz CT molecular complexity index is 989. The van der Waals surface area contributed by atoms with Crippen LogP contribution in [0.5, 0.6) is 0 Å².